The highest BCUT2D eigenvalue weighted by atomic mass is 32.2. The number of pyridine rings is 1. The summed E-state index contributed by atoms with van der Waals surface area (Å²) in [6.07, 6.45) is 0.0265. The fraction of sp³-hybridized carbons (Fsp3) is 0.407. The van der Waals surface area contributed by atoms with Gasteiger partial charge in [-0.15, -0.1) is 0 Å². The molecule has 1 aliphatic rings. The number of hydrogen-bond acceptors (Lipinski definition) is 8. The minimum Gasteiger partial charge on any atom is -0.771 e. The standard InChI is InChI=1S/C27H30F3N5O3S2/c1-3-21-25(35-14-19(6-9-23(35)31-21)17-10-12-34(13-11-17)16-40(37)38)33(2)26-32-24(22(15-36)39-26)18-4-7-20(8-5-18)27(28,29)30/h4-9,14,17,36H,3,10-13,15-16H2,1-2H3,(H,37,38)/p-1. The Kier molecular flexibility index (Phi) is 8.30. The van der Waals surface area contributed by atoms with E-state index in [0.29, 0.717) is 46.7 Å². The maximum absolute atomic E-state index is 13.1. The summed E-state index contributed by atoms with van der Waals surface area (Å²) in [5.41, 5.74) is 2.99. The van der Waals surface area contributed by atoms with Gasteiger partial charge < -0.3 is 14.6 Å². The third kappa shape index (κ3) is 5.79. The molecule has 0 saturated carbocycles. The van der Waals surface area contributed by atoms with E-state index >= 15 is 0 Å². The molecule has 0 radical (unpaired) electrons. The lowest BCUT2D eigenvalue weighted by atomic mass is 9.91. The number of hydrogen-bond donors (Lipinski definition) is 1. The number of halogens is 3. The molecule has 0 bridgehead atoms. The Hall–Kier alpha value is -2.84. The molecule has 1 aromatic carbocycles. The van der Waals surface area contributed by atoms with Crippen molar-refractivity contribution >= 4 is 39.0 Å². The van der Waals surface area contributed by atoms with Crippen LogP contribution in [0.5, 0.6) is 0 Å². The van der Waals surface area contributed by atoms with Crippen LogP contribution in [0, 0.1) is 0 Å². The van der Waals surface area contributed by atoms with Crippen LogP contribution in [-0.2, 0) is 30.3 Å². The molecule has 1 unspecified atom stereocenters. The van der Waals surface area contributed by atoms with Crippen LogP contribution in [0.15, 0.2) is 42.6 Å². The summed E-state index contributed by atoms with van der Waals surface area (Å²) in [5.74, 6) is 1.18. The van der Waals surface area contributed by atoms with E-state index in [0.717, 1.165) is 47.7 Å². The number of rotatable bonds is 8. The highest BCUT2D eigenvalue weighted by molar-refractivity contribution is 7.79. The highest BCUT2D eigenvalue weighted by Gasteiger charge is 2.30. The van der Waals surface area contributed by atoms with Crippen molar-refractivity contribution < 1.29 is 27.0 Å². The number of aromatic nitrogens is 3. The monoisotopic (exact) mass is 592 g/mol. The molecule has 5 rings (SSSR count). The van der Waals surface area contributed by atoms with Gasteiger partial charge in [-0.1, -0.05) is 36.5 Å². The summed E-state index contributed by atoms with van der Waals surface area (Å²) in [5, 5.41) is 10.6. The molecule has 4 aromatic rings. The van der Waals surface area contributed by atoms with Crippen molar-refractivity contribution in [3.05, 3.63) is 64.3 Å². The summed E-state index contributed by atoms with van der Waals surface area (Å²) < 4.78 is 63.3. The zero-order chi connectivity index (χ0) is 28.6. The second-order valence-corrected chi connectivity index (χ2v) is 11.7. The number of piperidine rings is 1. The van der Waals surface area contributed by atoms with Crippen LogP contribution in [-0.4, -0.2) is 59.2 Å². The smallest absolute Gasteiger partial charge is 0.416 e. The van der Waals surface area contributed by atoms with Gasteiger partial charge in [0.1, 0.15) is 11.5 Å². The molecule has 0 spiro atoms. The first-order valence-corrected chi connectivity index (χ1v) is 15.0. The Bertz CT molecular complexity index is 1510. The van der Waals surface area contributed by atoms with Crippen LogP contribution < -0.4 is 4.90 Å². The predicted octanol–water partition coefficient (Wildman–Crippen LogP) is 5.32. The maximum atomic E-state index is 13.1. The van der Waals surface area contributed by atoms with Gasteiger partial charge in [0.15, 0.2) is 5.13 Å². The van der Waals surface area contributed by atoms with Gasteiger partial charge >= 0.3 is 6.18 Å². The van der Waals surface area contributed by atoms with E-state index in [1.165, 1.54) is 23.5 Å². The molecule has 1 fully saturated rings. The Morgan fingerprint density at radius 2 is 1.85 bits per heavy atom. The van der Waals surface area contributed by atoms with E-state index in [1.807, 2.05) is 34.2 Å². The molecule has 1 N–H and O–H groups in total. The Morgan fingerprint density at radius 1 is 1.15 bits per heavy atom. The average Bonchev–Trinajstić information content (AvgIpc) is 3.53. The quantitative estimate of drug-likeness (QED) is 0.277. The van der Waals surface area contributed by atoms with Gasteiger partial charge in [0, 0.05) is 18.8 Å². The summed E-state index contributed by atoms with van der Waals surface area (Å²) in [4.78, 5) is 14.0. The van der Waals surface area contributed by atoms with Gasteiger partial charge in [-0.05, 0) is 73.1 Å². The van der Waals surface area contributed by atoms with E-state index in [2.05, 4.69) is 12.3 Å². The van der Waals surface area contributed by atoms with E-state index in [-0.39, 0.29) is 12.5 Å². The number of aryl methyl sites for hydroxylation is 1. The van der Waals surface area contributed by atoms with Gasteiger partial charge in [-0.3, -0.25) is 13.5 Å². The minimum atomic E-state index is -4.43. The number of nitrogens with zero attached hydrogens (tertiary/aromatic N) is 5. The van der Waals surface area contributed by atoms with Gasteiger partial charge in [0.05, 0.1) is 34.3 Å². The van der Waals surface area contributed by atoms with E-state index in [4.69, 9.17) is 9.97 Å². The average molecular weight is 593 g/mol. The van der Waals surface area contributed by atoms with Crippen molar-refractivity contribution in [2.45, 2.75) is 44.9 Å². The number of benzene rings is 1. The first kappa shape index (κ1) is 28.7. The van der Waals surface area contributed by atoms with Gasteiger partial charge in [0.25, 0.3) is 0 Å². The van der Waals surface area contributed by atoms with Crippen molar-refractivity contribution in [3.8, 4) is 11.3 Å². The Labute approximate surface area is 236 Å². The first-order valence-electron chi connectivity index (χ1n) is 12.9. The third-order valence-corrected chi connectivity index (χ3v) is 8.98. The second-order valence-electron chi connectivity index (χ2n) is 9.81. The molecule has 4 heterocycles. The van der Waals surface area contributed by atoms with E-state index in [9.17, 15) is 27.0 Å². The molecule has 40 heavy (non-hydrogen) atoms. The lowest BCUT2D eigenvalue weighted by molar-refractivity contribution is -0.137. The van der Waals surface area contributed by atoms with E-state index in [1.54, 1.807) is 0 Å². The molecule has 1 aliphatic heterocycles. The van der Waals surface area contributed by atoms with Crippen molar-refractivity contribution in [1.82, 2.24) is 19.3 Å². The molecule has 1 saturated heterocycles. The van der Waals surface area contributed by atoms with Crippen LogP contribution in [0.4, 0.5) is 24.1 Å². The molecular formula is C27H29F3N5O3S2-. The largest absolute Gasteiger partial charge is 0.771 e. The van der Waals surface area contributed by atoms with Crippen LogP contribution in [0.25, 0.3) is 16.9 Å². The highest BCUT2D eigenvalue weighted by Crippen LogP contribution is 2.39. The lowest BCUT2D eigenvalue weighted by Gasteiger charge is -2.32. The molecule has 214 valence electrons. The molecule has 13 heteroatoms. The molecule has 3 aromatic heterocycles. The van der Waals surface area contributed by atoms with Crippen LogP contribution >= 0.6 is 11.3 Å². The third-order valence-electron chi connectivity index (χ3n) is 7.29. The molecule has 0 aliphatic carbocycles. The van der Waals surface area contributed by atoms with Gasteiger partial charge in [-0.2, -0.15) is 13.2 Å². The number of anilines is 2. The molecular weight excluding hydrogens is 563 g/mol. The number of fused-ring (bicyclic) bond motifs is 1. The predicted molar refractivity (Wildman–Crippen MR) is 148 cm³/mol. The summed E-state index contributed by atoms with van der Waals surface area (Å²) >= 11 is -0.807. The van der Waals surface area contributed by atoms with Crippen LogP contribution in [0.1, 0.15) is 47.4 Å². The van der Waals surface area contributed by atoms with Crippen molar-refractivity contribution in [2.24, 2.45) is 0 Å². The van der Waals surface area contributed by atoms with Crippen LogP contribution in [0.3, 0.4) is 0 Å². The first-order chi connectivity index (χ1) is 19.1. The van der Waals surface area contributed by atoms with Gasteiger partial charge in [-0.25, -0.2) is 9.97 Å². The zero-order valence-electron chi connectivity index (χ0n) is 22.0. The number of thiazole rings is 1. The number of aliphatic hydroxyl groups excluding tert-OH is 1. The van der Waals surface area contributed by atoms with Crippen LogP contribution in [0.2, 0.25) is 0 Å². The molecule has 1 atom stereocenters. The maximum Gasteiger partial charge on any atom is 0.416 e. The fourth-order valence-corrected chi connectivity index (χ4v) is 6.66. The van der Waals surface area contributed by atoms with E-state index < -0.39 is 22.8 Å². The Balaban J connectivity index is 1.47. The SMILES string of the molecule is CCc1nc2ccc(C3CCN(CS(=O)[O-])CC3)cn2c1N(C)c1nc(-c2ccc(C(F)(F)F)cc2)c(CO)s1. The molecule has 0 amide bonds. The van der Waals surface area contributed by atoms with Gasteiger partial charge in [0.2, 0.25) is 0 Å². The summed E-state index contributed by atoms with van der Waals surface area (Å²) in [7, 11) is 1.87. The summed E-state index contributed by atoms with van der Waals surface area (Å²) in [6, 6.07) is 8.85. The van der Waals surface area contributed by atoms with Crippen molar-refractivity contribution in [1.29, 1.82) is 0 Å². The number of likely N-dealkylation sites (tertiary alicyclic amines) is 1. The normalized spacial score (nSPS) is 16.1. The van der Waals surface area contributed by atoms with Crippen molar-refractivity contribution in [3.63, 3.8) is 0 Å². The minimum absolute atomic E-state index is 0.0557. The zero-order valence-corrected chi connectivity index (χ0v) is 23.7. The number of imidazole rings is 1. The number of aliphatic hydroxyl groups is 1. The van der Waals surface area contributed by atoms with Crippen molar-refractivity contribution in [2.75, 3.05) is 30.9 Å². The topological polar surface area (TPSA) is 97.0 Å². The number of alkyl halides is 3. The second kappa shape index (κ2) is 11.6. The summed E-state index contributed by atoms with van der Waals surface area (Å²) in [6.45, 7) is 3.15. The Morgan fingerprint density at radius 3 is 2.45 bits per heavy atom. The molecule has 8 nitrogen and oxygen atoms in total. The lowest BCUT2D eigenvalue weighted by Crippen LogP contribution is -2.35. The fourth-order valence-electron chi connectivity index (χ4n) is 5.20.